The van der Waals surface area contributed by atoms with Gasteiger partial charge in [-0.1, -0.05) is 0 Å². The molecule has 0 saturated heterocycles. The van der Waals surface area contributed by atoms with Crippen LogP contribution in [0, 0.1) is 0 Å². The zero-order chi connectivity index (χ0) is 10.1. The Morgan fingerprint density at radius 2 is 2.23 bits per heavy atom. The molecular formula is C6H4F2O4S. The fourth-order valence-corrected chi connectivity index (χ4v) is 1.33. The van der Waals surface area contributed by atoms with E-state index in [0.29, 0.717) is 0 Å². The molecule has 0 aliphatic carbocycles. The number of hydrogen-bond donors (Lipinski definition) is 1. The molecule has 0 fully saturated rings. The lowest BCUT2D eigenvalue weighted by atomic mass is 10.7. The van der Waals surface area contributed by atoms with E-state index in [0.717, 1.165) is 12.3 Å². The van der Waals surface area contributed by atoms with Crippen molar-refractivity contribution in [2.24, 2.45) is 0 Å². The summed E-state index contributed by atoms with van der Waals surface area (Å²) in [6.45, 7) is 0. The Labute approximate surface area is 73.6 Å². The average molecular weight is 210 g/mol. The summed E-state index contributed by atoms with van der Waals surface area (Å²) in [6.07, 6.45) is 1.03. The van der Waals surface area contributed by atoms with Gasteiger partial charge in [-0.05, 0) is 12.1 Å². The third-order valence-corrected chi connectivity index (χ3v) is 2.40. The molecule has 0 aliphatic rings. The predicted octanol–water partition coefficient (Wildman–Crippen LogP) is 1.06. The van der Waals surface area contributed by atoms with Gasteiger partial charge in [-0.25, -0.2) is 9.00 Å². The van der Waals surface area contributed by atoms with E-state index in [-0.39, 0.29) is 0 Å². The summed E-state index contributed by atoms with van der Waals surface area (Å²) in [6, 6.07) is 2.26. The van der Waals surface area contributed by atoms with Gasteiger partial charge in [0.25, 0.3) is 0 Å². The van der Waals surface area contributed by atoms with Crippen LogP contribution in [0.5, 0.6) is 0 Å². The maximum Gasteiger partial charge on any atom is 0.422 e. The quantitative estimate of drug-likeness (QED) is 0.810. The highest BCUT2D eigenvalue weighted by Crippen LogP contribution is 2.25. The smallest absolute Gasteiger partial charge is 0.422 e. The second kappa shape index (κ2) is 3.25. The fourth-order valence-electron chi connectivity index (χ4n) is 0.575. The third-order valence-electron chi connectivity index (χ3n) is 1.16. The normalized spacial score (nSPS) is 14.0. The van der Waals surface area contributed by atoms with Crippen molar-refractivity contribution in [2.75, 3.05) is 0 Å². The Hall–Kier alpha value is -1.24. The number of furan rings is 1. The minimum absolute atomic E-state index is 0.563. The Kier molecular flexibility index (Phi) is 2.46. The zero-order valence-electron chi connectivity index (χ0n) is 6.07. The van der Waals surface area contributed by atoms with E-state index in [1.807, 2.05) is 0 Å². The van der Waals surface area contributed by atoms with E-state index >= 15 is 0 Å². The highest BCUT2D eigenvalue weighted by molar-refractivity contribution is 7.86. The summed E-state index contributed by atoms with van der Waals surface area (Å²) in [5.41, 5.74) is 0. The van der Waals surface area contributed by atoms with Gasteiger partial charge in [-0.15, -0.1) is 0 Å². The molecule has 0 spiro atoms. The molecule has 0 amide bonds. The van der Waals surface area contributed by atoms with Crippen LogP contribution in [0.3, 0.4) is 0 Å². The predicted molar refractivity (Wildman–Crippen MR) is 37.7 cm³/mol. The maximum atomic E-state index is 12.5. The Morgan fingerprint density at radius 3 is 2.62 bits per heavy atom. The molecule has 1 aromatic heterocycles. The molecule has 1 aromatic rings. The SMILES string of the molecule is O=C(O)C(F)(F)S(=O)c1ccco1. The molecule has 0 bridgehead atoms. The van der Waals surface area contributed by atoms with Crippen molar-refractivity contribution in [3.63, 3.8) is 0 Å². The monoisotopic (exact) mass is 210 g/mol. The largest absolute Gasteiger partial charge is 0.476 e. The minimum Gasteiger partial charge on any atom is -0.476 e. The van der Waals surface area contributed by atoms with E-state index in [9.17, 15) is 17.8 Å². The molecule has 1 heterocycles. The second-order valence-electron chi connectivity index (χ2n) is 2.02. The van der Waals surface area contributed by atoms with Gasteiger partial charge in [0.1, 0.15) is 0 Å². The Bertz CT molecular complexity index is 332. The van der Waals surface area contributed by atoms with Gasteiger partial charge in [-0.2, -0.15) is 8.78 Å². The first-order valence-corrected chi connectivity index (χ1v) is 4.18. The zero-order valence-corrected chi connectivity index (χ0v) is 6.88. The van der Waals surface area contributed by atoms with Crippen LogP contribution in [0.25, 0.3) is 0 Å². The lowest BCUT2D eigenvalue weighted by Gasteiger charge is -2.07. The average Bonchev–Trinajstić information content (AvgIpc) is 2.54. The van der Waals surface area contributed by atoms with E-state index in [1.54, 1.807) is 0 Å². The number of aliphatic carboxylic acids is 1. The summed E-state index contributed by atoms with van der Waals surface area (Å²) in [7, 11) is -2.99. The van der Waals surface area contributed by atoms with Crippen LogP contribution in [0.2, 0.25) is 0 Å². The Morgan fingerprint density at radius 1 is 1.62 bits per heavy atom. The van der Waals surface area contributed by atoms with Crippen LogP contribution in [-0.2, 0) is 15.6 Å². The highest BCUT2D eigenvalue weighted by Gasteiger charge is 2.48. The van der Waals surface area contributed by atoms with Gasteiger partial charge in [0.2, 0.25) is 0 Å². The van der Waals surface area contributed by atoms with Gasteiger partial charge in [0.15, 0.2) is 15.9 Å². The number of carboxylic acids is 1. The van der Waals surface area contributed by atoms with Crippen LogP contribution >= 0.6 is 0 Å². The molecule has 1 N–H and O–H groups in total. The van der Waals surface area contributed by atoms with Crippen LogP contribution in [0.15, 0.2) is 27.9 Å². The number of hydrogen-bond acceptors (Lipinski definition) is 3. The minimum atomic E-state index is -4.32. The van der Waals surface area contributed by atoms with Crippen molar-refractivity contribution < 1.29 is 27.3 Å². The summed E-state index contributed by atoms with van der Waals surface area (Å²) < 4.78 is 40.3. The molecule has 13 heavy (non-hydrogen) atoms. The van der Waals surface area contributed by atoms with E-state index in [1.165, 1.54) is 6.07 Å². The van der Waals surface area contributed by atoms with Gasteiger partial charge in [0, 0.05) is 0 Å². The highest BCUT2D eigenvalue weighted by atomic mass is 32.2. The maximum absolute atomic E-state index is 12.5. The molecule has 0 radical (unpaired) electrons. The molecule has 7 heteroatoms. The number of carboxylic acid groups (broad SMARTS) is 1. The summed E-state index contributed by atoms with van der Waals surface area (Å²) in [5, 5.41) is 3.14. The molecule has 0 aliphatic heterocycles. The molecule has 0 saturated carbocycles. The summed E-state index contributed by atoms with van der Waals surface area (Å²) in [4.78, 5) is 9.97. The first kappa shape index (κ1) is 9.85. The van der Waals surface area contributed by atoms with Gasteiger partial charge in [0.05, 0.1) is 6.26 Å². The Balaban J connectivity index is 2.98. The first-order chi connectivity index (χ1) is 5.96. The molecule has 72 valence electrons. The summed E-state index contributed by atoms with van der Waals surface area (Å²) >= 11 is 0. The van der Waals surface area contributed by atoms with Crippen LogP contribution in [0.1, 0.15) is 0 Å². The van der Waals surface area contributed by atoms with Crippen molar-refractivity contribution in [3.05, 3.63) is 18.4 Å². The summed E-state index contributed by atoms with van der Waals surface area (Å²) in [5.74, 6) is -2.44. The number of halogens is 2. The number of alkyl halides is 2. The van der Waals surface area contributed by atoms with Crippen molar-refractivity contribution in [3.8, 4) is 0 Å². The van der Waals surface area contributed by atoms with E-state index in [2.05, 4.69) is 4.42 Å². The molecule has 1 unspecified atom stereocenters. The van der Waals surface area contributed by atoms with Crippen molar-refractivity contribution in [1.29, 1.82) is 0 Å². The third kappa shape index (κ3) is 1.74. The number of rotatable bonds is 3. The molecule has 4 nitrogen and oxygen atoms in total. The van der Waals surface area contributed by atoms with E-state index in [4.69, 9.17) is 5.11 Å². The molecule has 1 atom stereocenters. The lowest BCUT2D eigenvalue weighted by molar-refractivity contribution is -0.153. The molecule has 0 aromatic carbocycles. The van der Waals surface area contributed by atoms with Gasteiger partial charge < -0.3 is 9.52 Å². The van der Waals surface area contributed by atoms with Crippen LogP contribution in [0.4, 0.5) is 8.78 Å². The number of carbonyl (C=O) groups is 1. The van der Waals surface area contributed by atoms with Gasteiger partial charge >= 0.3 is 11.2 Å². The van der Waals surface area contributed by atoms with Gasteiger partial charge in [-0.3, -0.25) is 0 Å². The topological polar surface area (TPSA) is 67.5 Å². The van der Waals surface area contributed by atoms with Crippen LogP contribution in [-0.4, -0.2) is 20.5 Å². The molecule has 1 rings (SSSR count). The first-order valence-electron chi connectivity index (χ1n) is 3.03. The van der Waals surface area contributed by atoms with E-state index < -0.39 is 27.1 Å². The van der Waals surface area contributed by atoms with Crippen LogP contribution < -0.4 is 0 Å². The van der Waals surface area contributed by atoms with Crippen molar-refractivity contribution >= 4 is 16.8 Å². The van der Waals surface area contributed by atoms with Crippen molar-refractivity contribution in [2.45, 2.75) is 10.3 Å². The standard InChI is InChI=1S/C6H4F2O4S/c7-6(8,5(9)10)13(11)4-2-1-3-12-4/h1-3H,(H,9,10). The van der Waals surface area contributed by atoms with Crippen molar-refractivity contribution in [1.82, 2.24) is 0 Å². The molecular weight excluding hydrogens is 206 g/mol. The second-order valence-corrected chi connectivity index (χ2v) is 3.48. The fraction of sp³-hybridized carbons (Fsp3) is 0.167. The lowest BCUT2D eigenvalue weighted by Crippen LogP contribution is -2.33.